The molecule has 11 nitrogen and oxygen atoms in total. The molecule has 202 valence electrons. The molecule has 11 heteroatoms. The summed E-state index contributed by atoms with van der Waals surface area (Å²) in [4.78, 5) is 24.6. The van der Waals surface area contributed by atoms with Gasteiger partial charge in [0.2, 0.25) is 5.91 Å². The van der Waals surface area contributed by atoms with Crippen LogP contribution in [0.3, 0.4) is 0 Å². The second-order valence-corrected chi connectivity index (χ2v) is 9.01. The third-order valence-corrected chi connectivity index (χ3v) is 5.31. The number of nitrogens with two attached hydrogens (primary N) is 1. The fourth-order valence-electron chi connectivity index (χ4n) is 3.30. The number of nitrogens with zero attached hydrogens (tertiary/aromatic N) is 3. The summed E-state index contributed by atoms with van der Waals surface area (Å²) in [6, 6.07) is 12.6. The van der Waals surface area contributed by atoms with Gasteiger partial charge in [0.1, 0.15) is 12.6 Å². The molecule has 0 aliphatic carbocycles. The van der Waals surface area contributed by atoms with Gasteiger partial charge in [0.15, 0.2) is 11.5 Å². The van der Waals surface area contributed by atoms with Crippen molar-refractivity contribution in [2.24, 2.45) is 5.73 Å². The highest BCUT2D eigenvalue weighted by Crippen LogP contribution is 2.17. The average Bonchev–Trinajstić information content (AvgIpc) is 3.28. The van der Waals surface area contributed by atoms with E-state index in [-0.39, 0.29) is 33.2 Å². The normalized spacial score (nSPS) is 12.0. The molecule has 0 radical (unpaired) electrons. The van der Waals surface area contributed by atoms with Crippen LogP contribution < -0.4 is 16.4 Å². The number of unbranched alkanes of at least 4 members (excludes halogenated alkanes) is 1. The van der Waals surface area contributed by atoms with Gasteiger partial charge in [0, 0.05) is 24.9 Å². The van der Waals surface area contributed by atoms with Crippen LogP contribution in [0.15, 0.2) is 48.7 Å². The molecule has 0 saturated carbocycles. The van der Waals surface area contributed by atoms with Crippen molar-refractivity contribution in [1.29, 1.82) is 0 Å². The van der Waals surface area contributed by atoms with Gasteiger partial charge in [-0.15, -0.1) is 10.2 Å². The number of amides is 2. The number of carbonyl (C=O) groups excluding carboxylic acids is 2. The van der Waals surface area contributed by atoms with Crippen LogP contribution in [0, 0.1) is 0 Å². The number of fused-ring (bicyclic) bond motifs is 1. The van der Waals surface area contributed by atoms with Crippen molar-refractivity contribution in [2.75, 3.05) is 19.8 Å². The first-order valence-electron chi connectivity index (χ1n) is 11.8. The highest BCUT2D eigenvalue weighted by atomic mass is 16.5. The van der Waals surface area contributed by atoms with E-state index >= 15 is 0 Å². The molecule has 1 atom stereocenters. The van der Waals surface area contributed by atoms with Gasteiger partial charge in [0.25, 0.3) is 0 Å². The summed E-state index contributed by atoms with van der Waals surface area (Å²) >= 11 is 0. The fourth-order valence-corrected chi connectivity index (χ4v) is 3.30. The Balaban J connectivity index is 0.00000481. The first-order valence-corrected chi connectivity index (χ1v) is 11.8. The minimum absolute atomic E-state index is 0. The smallest absolute Gasteiger partial charge is 0.407 e. The van der Waals surface area contributed by atoms with Gasteiger partial charge in [-0.25, -0.2) is 4.79 Å². The molecule has 0 saturated heterocycles. The number of pyridine rings is 1. The Kier molecular flexibility index (Phi) is 11.4. The van der Waals surface area contributed by atoms with Crippen molar-refractivity contribution in [3.05, 3.63) is 65.6 Å². The molecule has 3 rings (SSSR count). The number of nitrogens with one attached hydrogen (secondary N) is 2. The Morgan fingerprint density at radius 1 is 1.08 bits per heavy atom. The van der Waals surface area contributed by atoms with Gasteiger partial charge in [-0.1, -0.05) is 43.8 Å². The molecule has 0 aliphatic rings. The zero-order valence-electron chi connectivity index (χ0n) is 20.6. The maximum Gasteiger partial charge on any atom is 0.407 e. The Bertz CT molecular complexity index is 1130. The van der Waals surface area contributed by atoms with E-state index in [9.17, 15) is 9.59 Å². The molecule has 0 fully saturated rings. The number of ether oxygens (including phenoxy) is 2. The predicted molar refractivity (Wildman–Crippen MR) is 139 cm³/mol. The highest BCUT2D eigenvalue weighted by Gasteiger charge is 2.28. The SMILES string of the molecule is C.CC(C)(N)C(=O)N[C@H](COCc1ccccc1)c1nnc2ccc(COC(=O)NCCCCO)cn12. The zero-order valence-corrected chi connectivity index (χ0v) is 20.6. The summed E-state index contributed by atoms with van der Waals surface area (Å²) < 4.78 is 12.9. The van der Waals surface area contributed by atoms with Crippen LogP contribution in [0.2, 0.25) is 0 Å². The lowest BCUT2D eigenvalue weighted by Gasteiger charge is -2.23. The first-order chi connectivity index (χ1) is 17.3. The average molecular weight is 515 g/mol. The van der Waals surface area contributed by atoms with Crippen molar-refractivity contribution in [3.8, 4) is 0 Å². The summed E-state index contributed by atoms with van der Waals surface area (Å²) in [7, 11) is 0. The molecule has 2 amide bonds. The minimum Gasteiger partial charge on any atom is -0.445 e. The molecular formula is C26H38N6O5. The summed E-state index contributed by atoms with van der Waals surface area (Å²) in [5, 5.41) is 22.9. The highest BCUT2D eigenvalue weighted by molar-refractivity contribution is 5.85. The molecule has 1 aromatic carbocycles. The monoisotopic (exact) mass is 514 g/mol. The van der Waals surface area contributed by atoms with E-state index in [4.69, 9.17) is 20.3 Å². The van der Waals surface area contributed by atoms with Crippen LogP contribution in [0.1, 0.15) is 57.1 Å². The molecule has 0 spiro atoms. The Labute approximate surface area is 217 Å². The molecule has 0 aliphatic heterocycles. The third kappa shape index (κ3) is 9.12. The number of carbonyl (C=O) groups is 2. The van der Waals surface area contributed by atoms with Crippen molar-refractivity contribution in [2.45, 2.75) is 58.9 Å². The largest absolute Gasteiger partial charge is 0.445 e. The third-order valence-electron chi connectivity index (χ3n) is 5.31. The number of aliphatic hydroxyl groups is 1. The minimum atomic E-state index is -1.10. The summed E-state index contributed by atoms with van der Waals surface area (Å²) in [6.07, 6.45) is 2.50. The maximum absolute atomic E-state index is 12.7. The van der Waals surface area contributed by atoms with E-state index in [2.05, 4.69) is 20.8 Å². The van der Waals surface area contributed by atoms with E-state index in [1.54, 1.807) is 36.6 Å². The van der Waals surface area contributed by atoms with Crippen LogP contribution >= 0.6 is 0 Å². The molecule has 0 bridgehead atoms. The lowest BCUT2D eigenvalue weighted by molar-refractivity contribution is -0.126. The van der Waals surface area contributed by atoms with Crippen molar-refractivity contribution in [3.63, 3.8) is 0 Å². The van der Waals surface area contributed by atoms with E-state index in [1.165, 1.54) is 0 Å². The van der Waals surface area contributed by atoms with Gasteiger partial charge >= 0.3 is 6.09 Å². The number of alkyl carbamates (subject to hydrolysis) is 1. The van der Waals surface area contributed by atoms with E-state index in [0.717, 1.165) is 5.56 Å². The van der Waals surface area contributed by atoms with Crippen LogP contribution in [-0.4, -0.2) is 57.0 Å². The molecule has 2 heterocycles. The number of benzene rings is 1. The van der Waals surface area contributed by atoms with Gasteiger partial charge in [-0.3, -0.25) is 9.20 Å². The summed E-state index contributed by atoms with van der Waals surface area (Å²) in [5.74, 6) is 0.107. The standard InChI is InChI=1S/C25H34N6O5.CH4/c1-25(2,26)23(33)28-20(17-35-15-18-8-4-3-5-9-18)22-30-29-21-11-10-19(14-31(21)22)16-36-24(34)27-12-6-7-13-32;/h3-5,8-11,14,20,32H,6-7,12-13,15-17,26H2,1-2H3,(H,27,34)(H,28,33);1H4/t20-;/m1./s1. The molecule has 0 unspecified atom stereocenters. The maximum atomic E-state index is 12.7. The number of aliphatic hydroxyl groups excluding tert-OH is 1. The van der Waals surface area contributed by atoms with Crippen molar-refractivity contribution < 1.29 is 24.2 Å². The van der Waals surface area contributed by atoms with Crippen LogP contribution in [0.4, 0.5) is 4.79 Å². The number of aromatic nitrogens is 3. The van der Waals surface area contributed by atoms with Gasteiger partial charge in [0.05, 0.1) is 18.8 Å². The van der Waals surface area contributed by atoms with Gasteiger partial charge in [-0.05, 0) is 38.3 Å². The van der Waals surface area contributed by atoms with Crippen LogP contribution in [-0.2, 0) is 27.5 Å². The molecule has 3 aromatic rings. The number of hydrogen-bond acceptors (Lipinski definition) is 8. The van der Waals surface area contributed by atoms with Crippen molar-refractivity contribution >= 4 is 17.6 Å². The molecule has 37 heavy (non-hydrogen) atoms. The molecule has 5 N–H and O–H groups in total. The van der Waals surface area contributed by atoms with Gasteiger partial charge < -0.3 is 30.9 Å². The second-order valence-electron chi connectivity index (χ2n) is 9.01. The second kappa shape index (κ2) is 14.3. The lowest BCUT2D eigenvalue weighted by atomic mass is 10.1. The van der Waals surface area contributed by atoms with Gasteiger partial charge in [-0.2, -0.15) is 0 Å². The Morgan fingerprint density at radius 3 is 2.54 bits per heavy atom. The number of rotatable bonds is 13. The number of hydrogen-bond donors (Lipinski definition) is 4. The lowest BCUT2D eigenvalue weighted by Crippen LogP contribution is -2.50. The Morgan fingerprint density at radius 2 is 1.84 bits per heavy atom. The van der Waals surface area contributed by atoms with E-state index in [1.807, 2.05) is 30.3 Å². The topological polar surface area (TPSA) is 153 Å². The summed E-state index contributed by atoms with van der Waals surface area (Å²) in [5.41, 5.74) is 7.18. The fraction of sp³-hybridized carbons (Fsp3) is 0.462. The quantitative estimate of drug-likeness (QED) is 0.254. The van der Waals surface area contributed by atoms with E-state index in [0.29, 0.717) is 43.0 Å². The zero-order chi connectivity index (χ0) is 26.0. The van der Waals surface area contributed by atoms with E-state index < -0.39 is 17.7 Å². The predicted octanol–water partition coefficient (Wildman–Crippen LogP) is 2.48. The van der Waals surface area contributed by atoms with Crippen LogP contribution in [0.25, 0.3) is 5.65 Å². The summed E-state index contributed by atoms with van der Waals surface area (Å²) in [6.45, 7) is 4.30. The first kappa shape index (κ1) is 29.7. The molecular weight excluding hydrogens is 476 g/mol. The molecule has 2 aromatic heterocycles. The van der Waals surface area contributed by atoms with Crippen LogP contribution in [0.5, 0.6) is 0 Å². The Hall–Kier alpha value is -3.54. The van der Waals surface area contributed by atoms with Crippen molar-refractivity contribution in [1.82, 2.24) is 25.2 Å².